The molecule has 2 N–H and O–H groups in total. The van der Waals surface area contributed by atoms with Gasteiger partial charge >= 0.3 is 0 Å². The number of halogens is 2. The van der Waals surface area contributed by atoms with Gasteiger partial charge in [0.25, 0.3) is 15.9 Å². The van der Waals surface area contributed by atoms with Crippen molar-refractivity contribution in [2.24, 2.45) is 0 Å². The fourth-order valence-corrected chi connectivity index (χ4v) is 3.96. The molecule has 5 nitrogen and oxygen atoms in total. The second-order valence-electron chi connectivity index (χ2n) is 6.39. The summed E-state index contributed by atoms with van der Waals surface area (Å²) in [4.78, 5) is 12.4. The first-order chi connectivity index (χ1) is 13.8. The smallest absolute Gasteiger partial charge is 0.261 e. The number of amides is 1. The molecule has 29 heavy (non-hydrogen) atoms. The van der Waals surface area contributed by atoms with Gasteiger partial charge in [-0.15, -0.1) is 0 Å². The molecule has 0 bridgehead atoms. The molecule has 0 aliphatic rings. The zero-order valence-corrected chi connectivity index (χ0v) is 17.0. The van der Waals surface area contributed by atoms with Crippen LogP contribution in [-0.2, 0) is 16.6 Å². The fourth-order valence-electron chi connectivity index (χ4n) is 2.68. The van der Waals surface area contributed by atoms with E-state index in [2.05, 4.69) is 10.0 Å². The maximum atomic E-state index is 13.7. The van der Waals surface area contributed by atoms with Crippen LogP contribution in [0.3, 0.4) is 0 Å². The topological polar surface area (TPSA) is 75.3 Å². The summed E-state index contributed by atoms with van der Waals surface area (Å²) in [6.45, 7) is 1.79. The van der Waals surface area contributed by atoms with E-state index in [1.54, 1.807) is 36.4 Å². The van der Waals surface area contributed by atoms with Crippen molar-refractivity contribution in [1.82, 2.24) is 5.32 Å². The van der Waals surface area contributed by atoms with Crippen molar-refractivity contribution >= 4 is 33.2 Å². The fraction of sp³-hybridized carbons (Fsp3) is 0.0952. The maximum Gasteiger partial charge on any atom is 0.261 e. The molecule has 0 unspecified atom stereocenters. The maximum absolute atomic E-state index is 13.7. The Bertz CT molecular complexity index is 1170. The van der Waals surface area contributed by atoms with Gasteiger partial charge in [0.1, 0.15) is 5.82 Å². The molecule has 0 atom stereocenters. The summed E-state index contributed by atoms with van der Waals surface area (Å²) in [5, 5.41) is 2.64. The highest BCUT2D eigenvalue weighted by atomic mass is 35.5. The Labute approximate surface area is 173 Å². The number of carbonyl (C=O) groups excluding carboxylic acids is 1. The van der Waals surface area contributed by atoms with E-state index in [0.717, 1.165) is 5.56 Å². The highest BCUT2D eigenvalue weighted by Crippen LogP contribution is 2.23. The van der Waals surface area contributed by atoms with Crippen LogP contribution in [0.5, 0.6) is 0 Å². The number of nitrogens with one attached hydrogen (secondary N) is 2. The van der Waals surface area contributed by atoms with E-state index >= 15 is 0 Å². The molecule has 3 aromatic carbocycles. The Hall–Kier alpha value is -2.90. The van der Waals surface area contributed by atoms with Crippen LogP contribution in [-0.4, -0.2) is 14.3 Å². The Morgan fingerprint density at radius 1 is 1.03 bits per heavy atom. The van der Waals surface area contributed by atoms with E-state index < -0.39 is 21.7 Å². The molecule has 3 rings (SSSR count). The van der Waals surface area contributed by atoms with Crippen molar-refractivity contribution in [3.8, 4) is 0 Å². The predicted molar refractivity (Wildman–Crippen MR) is 111 cm³/mol. The Morgan fingerprint density at radius 3 is 2.52 bits per heavy atom. The van der Waals surface area contributed by atoms with E-state index in [1.807, 2.05) is 13.0 Å². The summed E-state index contributed by atoms with van der Waals surface area (Å²) >= 11 is 6.09. The molecule has 0 radical (unpaired) electrons. The molecule has 150 valence electrons. The number of sulfonamides is 1. The van der Waals surface area contributed by atoms with Crippen molar-refractivity contribution in [2.45, 2.75) is 18.4 Å². The normalized spacial score (nSPS) is 11.1. The van der Waals surface area contributed by atoms with Gasteiger partial charge in [0.05, 0.1) is 15.5 Å². The van der Waals surface area contributed by atoms with Crippen LogP contribution in [0.4, 0.5) is 10.1 Å². The number of benzene rings is 3. The Balaban J connectivity index is 1.81. The molecule has 0 heterocycles. The third-order valence-electron chi connectivity index (χ3n) is 4.16. The quantitative estimate of drug-likeness (QED) is 0.601. The minimum absolute atomic E-state index is 0.0184. The number of rotatable bonds is 6. The summed E-state index contributed by atoms with van der Waals surface area (Å²) in [5.74, 6) is -1.05. The lowest BCUT2D eigenvalue weighted by molar-refractivity contribution is 0.0950. The first-order valence-electron chi connectivity index (χ1n) is 8.67. The second-order valence-corrected chi connectivity index (χ2v) is 8.48. The van der Waals surface area contributed by atoms with Gasteiger partial charge in [0.15, 0.2) is 0 Å². The zero-order chi connectivity index (χ0) is 21.0. The summed E-state index contributed by atoms with van der Waals surface area (Å²) < 4.78 is 41.6. The molecule has 0 aromatic heterocycles. The van der Waals surface area contributed by atoms with E-state index in [4.69, 9.17) is 11.6 Å². The molecule has 0 aliphatic carbocycles. The highest BCUT2D eigenvalue weighted by Gasteiger charge is 2.19. The van der Waals surface area contributed by atoms with Crippen LogP contribution < -0.4 is 10.0 Å². The largest absolute Gasteiger partial charge is 0.348 e. The summed E-state index contributed by atoms with van der Waals surface area (Å²) in [6.07, 6.45) is 0. The van der Waals surface area contributed by atoms with E-state index in [0.29, 0.717) is 11.3 Å². The molecular formula is C21H18ClFN2O3S. The third kappa shape index (κ3) is 5.13. The Kier molecular flexibility index (Phi) is 6.20. The van der Waals surface area contributed by atoms with Crippen LogP contribution in [0.1, 0.15) is 21.5 Å². The van der Waals surface area contributed by atoms with Gasteiger partial charge < -0.3 is 5.32 Å². The van der Waals surface area contributed by atoms with E-state index in [-0.39, 0.29) is 22.0 Å². The van der Waals surface area contributed by atoms with Crippen LogP contribution in [0.25, 0.3) is 0 Å². The van der Waals surface area contributed by atoms with Crippen molar-refractivity contribution in [3.05, 3.63) is 94.3 Å². The monoisotopic (exact) mass is 432 g/mol. The summed E-state index contributed by atoms with van der Waals surface area (Å²) in [6, 6.07) is 16.8. The average molecular weight is 433 g/mol. The second kappa shape index (κ2) is 8.63. The van der Waals surface area contributed by atoms with Gasteiger partial charge in [0.2, 0.25) is 0 Å². The third-order valence-corrected chi connectivity index (χ3v) is 5.87. The van der Waals surface area contributed by atoms with Gasteiger partial charge in [-0.25, -0.2) is 12.8 Å². The number of hydrogen-bond donors (Lipinski definition) is 2. The number of anilines is 1. The van der Waals surface area contributed by atoms with Crippen LogP contribution in [0.2, 0.25) is 5.02 Å². The lowest BCUT2D eigenvalue weighted by Gasteiger charge is -2.12. The first-order valence-corrected chi connectivity index (χ1v) is 10.5. The first kappa shape index (κ1) is 20.8. The molecule has 0 saturated heterocycles. The summed E-state index contributed by atoms with van der Waals surface area (Å²) in [5.41, 5.74) is 1.59. The van der Waals surface area contributed by atoms with Gasteiger partial charge in [-0.2, -0.15) is 0 Å². The predicted octanol–water partition coefficient (Wildman–Crippen LogP) is 4.52. The van der Waals surface area contributed by atoms with E-state index in [9.17, 15) is 17.6 Å². The van der Waals surface area contributed by atoms with Gasteiger partial charge in [-0.05, 0) is 48.9 Å². The summed E-state index contributed by atoms with van der Waals surface area (Å²) in [7, 11) is -3.93. The van der Waals surface area contributed by atoms with Crippen molar-refractivity contribution in [2.75, 3.05) is 4.72 Å². The van der Waals surface area contributed by atoms with Crippen LogP contribution >= 0.6 is 11.6 Å². The van der Waals surface area contributed by atoms with Crippen LogP contribution in [0.15, 0.2) is 71.6 Å². The van der Waals surface area contributed by atoms with Crippen molar-refractivity contribution < 1.29 is 17.6 Å². The molecular weight excluding hydrogens is 415 g/mol. The SMILES string of the molecule is Cc1cccc(NS(=O)(=O)c2ccc(Cl)c(C(=O)NCc3ccccc3F)c2)c1. The number of aryl methyl sites for hydroxylation is 1. The Morgan fingerprint density at radius 2 is 1.79 bits per heavy atom. The van der Waals surface area contributed by atoms with Gasteiger partial charge in [-0.1, -0.05) is 41.9 Å². The lowest BCUT2D eigenvalue weighted by atomic mass is 10.2. The molecule has 1 amide bonds. The molecule has 0 spiro atoms. The standard InChI is InChI=1S/C21H18ClFN2O3S/c1-14-5-4-7-16(11-14)25-29(27,28)17-9-10-19(22)18(12-17)21(26)24-13-15-6-2-3-8-20(15)23/h2-12,25H,13H2,1H3,(H,24,26). The highest BCUT2D eigenvalue weighted by molar-refractivity contribution is 7.92. The molecule has 8 heteroatoms. The minimum atomic E-state index is -3.93. The number of hydrogen-bond acceptors (Lipinski definition) is 3. The molecule has 0 fully saturated rings. The van der Waals surface area contributed by atoms with Crippen molar-refractivity contribution in [1.29, 1.82) is 0 Å². The number of carbonyl (C=O) groups is 1. The molecule has 0 saturated carbocycles. The van der Waals surface area contributed by atoms with Gasteiger partial charge in [-0.3, -0.25) is 9.52 Å². The molecule has 3 aromatic rings. The van der Waals surface area contributed by atoms with E-state index in [1.165, 1.54) is 24.3 Å². The van der Waals surface area contributed by atoms with Crippen LogP contribution in [0, 0.1) is 12.7 Å². The lowest BCUT2D eigenvalue weighted by Crippen LogP contribution is -2.24. The molecule has 0 aliphatic heterocycles. The zero-order valence-electron chi connectivity index (χ0n) is 15.4. The average Bonchev–Trinajstić information content (AvgIpc) is 2.67. The minimum Gasteiger partial charge on any atom is -0.348 e. The van der Waals surface area contributed by atoms with Crippen molar-refractivity contribution in [3.63, 3.8) is 0 Å². The van der Waals surface area contributed by atoms with Gasteiger partial charge in [0, 0.05) is 17.8 Å².